The van der Waals surface area contributed by atoms with E-state index >= 15 is 0 Å². The predicted molar refractivity (Wildman–Crippen MR) is 45.2 cm³/mol. The third-order valence-corrected chi connectivity index (χ3v) is 2.15. The van der Waals surface area contributed by atoms with Gasteiger partial charge in [0.1, 0.15) is 17.9 Å². The molecule has 0 fully saturated rings. The standard InChI is InChI=1S/C10H9FO2/c11-9-1-2-10-8(4-9)3-7(5-12)6-13-10/h1-2,4-5,7H,3,6H2/t7-/m0/s1. The predicted octanol–water partition coefficient (Wildman–Crippen LogP) is 1.58. The molecular weight excluding hydrogens is 171 g/mol. The minimum atomic E-state index is -0.283. The van der Waals surface area contributed by atoms with Gasteiger partial charge in [-0.15, -0.1) is 0 Å². The smallest absolute Gasteiger partial charge is 0.126 e. The summed E-state index contributed by atoms with van der Waals surface area (Å²) < 4.78 is 18.1. The molecule has 1 atom stereocenters. The molecule has 0 bridgehead atoms. The second-order valence-corrected chi connectivity index (χ2v) is 3.16. The molecule has 1 aliphatic heterocycles. The minimum absolute atomic E-state index is 0.130. The van der Waals surface area contributed by atoms with Crippen LogP contribution in [-0.2, 0) is 11.2 Å². The van der Waals surface area contributed by atoms with Crippen molar-refractivity contribution in [3.8, 4) is 5.75 Å². The Bertz CT molecular complexity index is 336. The molecule has 2 rings (SSSR count). The number of carbonyl (C=O) groups excluding carboxylic acids is 1. The lowest BCUT2D eigenvalue weighted by molar-refractivity contribution is -0.112. The largest absolute Gasteiger partial charge is 0.493 e. The molecule has 0 amide bonds. The number of carbonyl (C=O) groups is 1. The molecule has 13 heavy (non-hydrogen) atoms. The quantitative estimate of drug-likeness (QED) is 0.613. The van der Waals surface area contributed by atoms with Crippen LogP contribution < -0.4 is 4.74 Å². The molecule has 0 unspecified atom stereocenters. The highest BCUT2D eigenvalue weighted by Gasteiger charge is 2.19. The lowest BCUT2D eigenvalue weighted by atomic mass is 9.98. The lowest BCUT2D eigenvalue weighted by Crippen LogP contribution is -2.21. The fourth-order valence-corrected chi connectivity index (χ4v) is 1.47. The van der Waals surface area contributed by atoms with Gasteiger partial charge in [-0.05, 0) is 30.2 Å². The summed E-state index contributed by atoms with van der Waals surface area (Å²) in [5, 5.41) is 0. The maximum atomic E-state index is 12.8. The molecule has 2 nitrogen and oxygen atoms in total. The van der Waals surface area contributed by atoms with Gasteiger partial charge >= 0.3 is 0 Å². The molecule has 3 heteroatoms. The van der Waals surface area contributed by atoms with Gasteiger partial charge in [0, 0.05) is 0 Å². The first kappa shape index (κ1) is 8.23. The van der Waals surface area contributed by atoms with E-state index in [4.69, 9.17) is 4.74 Å². The van der Waals surface area contributed by atoms with Crippen LogP contribution in [0, 0.1) is 11.7 Å². The van der Waals surface area contributed by atoms with Gasteiger partial charge < -0.3 is 9.53 Å². The Hall–Kier alpha value is -1.38. The van der Waals surface area contributed by atoms with E-state index in [0.29, 0.717) is 18.8 Å². The van der Waals surface area contributed by atoms with Crippen molar-refractivity contribution in [3.63, 3.8) is 0 Å². The Morgan fingerprint density at radius 2 is 2.38 bits per heavy atom. The fourth-order valence-electron chi connectivity index (χ4n) is 1.47. The third-order valence-electron chi connectivity index (χ3n) is 2.15. The van der Waals surface area contributed by atoms with Gasteiger partial charge in [-0.25, -0.2) is 4.39 Å². The van der Waals surface area contributed by atoms with Gasteiger partial charge in [-0.1, -0.05) is 0 Å². The van der Waals surface area contributed by atoms with Gasteiger partial charge in [0.15, 0.2) is 0 Å². The van der Waals surface area contributed by atoms with Crippen LogP contribution in [-0.4, -0.2) is 12.9 Å². The molecule has 0 saturated carbocycles. The van der Waals surface area contributed by atoms with Gasteiger partial charge in [-0.3, -0.25) is 0 Å². The van der Waals surface area contributed by atoms with Crippen LogP contribution in [0.5, 0.6) is 5.75 Å². The van der Waals surface area contributed by atoms with Crippen LogP contribution in [0.15, 0.2) is 18.2 Å². The number of aldehydes is 1. The first-order valence-electron chi connectivity index (χ1n) is 4.16. The average Bonchev–Trinajstić information content (AvgIpc) is 2.16. The molecule has 0 N–H and O–H groups in total. The molecular formula is C10H9FO2. The Morgan fingerprint density at radius 3 is 3.15 bits per heavy atom. The Balaban J connectivity index is 2.32. The molecule has 0 spiro atoms. The van der Waals surface area contributed by atoms with Crippen molar-refractivity contribution in [3.05, 3.63) is 29.6 Å². The number of ether oxygens (including phenoxy) is 1. The van der Waals surface area contributed by atoms with Crippen molar-refractivity contribution >= 4 is 6.29 Å². The molecule has 0 radical (unpaired) electrons. The summed E-state index contributed by atoms with van der Waals surface area (Å²) in [6.45, 7) is 0.405. The molecule has 68 valence electrons. The van der Waals surface area contributed by atoms with Crippen molar-refractivity contribution < 1.29 is 13.9 Å². The number of hydrogen-bond acceptors (Lipinski definition) is 2. The maximum absolute atomic E-state index is 12.8. The zero-order chi connectivity index (χ0) is 9.26. The number of fused-ring (bicyclic) bond motifs is 1. The summed E-state index contributed by atoms with van der Waals surface area (Å²) in [7, 11) is 0. The molecule has 1 aromatic rings. The van der Waals surface area contributed by atoms with Crippen molar-refractivity contribution in [2.75, 3.05) is 6.61 Å². The SMILES string of the molecule is O=C[C@H]1COc2ccc(F)cc2C1. The van der Waals surface area contributed by atoms with Crippen LogP contribution in [0.3, 0.4) is 0 Å². The molecule has 1 heterocycles. The van der Waals surface area contributed by atoms with E-state index in [1.165, 1.54) is 12.1 Å². The second kappa shape index (κ2) is 3.17. The molecule has 1 aliphatic rings. The Labute approximate surface area is 75.3 Å². The first-order chi connectivity index (χ1) is 6.29. The topological polar surface area (TPSA) is 26.3 Å². The maximum Gasteiger partial charge on any atom is 0.126 e. The third kappa shape index (κ3) is 1.54. The second-order valence-electron chi connectivity index (χ2n) is 3.16. The van der Waals surface area contributed by atoms with E-state index in [2.05, 4.69) is 0 Å². The van der Waals surface area contributed by atoms with Crippen molar-refractivity contribution in [1.29, 1.82) is 0 Å². The number of benzene rings is 1. The molecule has 1 aromatic carbocycles. The lowest BCUT2D eigenvalue weighted by Gasteiger charge is -2.21. The van der Waals surface area contributed by atoms with E-state index < -0.39 is 0 Å². The van der Waals surface area contributed by atoms with Crippen molar-refractivity contribution in [1.82, 2.24) is 0 Å². The van der Waals surface area contributed by atoms with E-state index in [9.17, 15) is 9.18 Å². The highest BCUT2D eigenvalue weighted by atomic mass is 19.1. The summed E-state index contributed by atoms with van der Waals surface area (Å²) in [6, 6.07) is 4.39. The van der Waals surface area contributed by atoms with Crippen LogP contribution >= 0.6 is 0 Å². The molecule has 0 aromatic heterocycles. The first-order valence-corrected chi connectivity index (χ1v) is 4.16. The van der Waals surface area contributed by atoms with Crippen LogP contribution in [0.1, 0.15) is 5.56 Å². The van der Waals surface area contributed by atoms with E-state index in [1.807, 2.05) is 0 Å². The van der Waals surface area contributed by atoms with E-state index in [0.717, 1.165) is 11.8 Å². The van der Waals surface area contributed by atoms with Gasteiger partial charge in [0.25, 0.3) is 0 Å². The summed E-state index contributed by atoms with van der Waals surface area (Å²) >= 11 is 0. The zero-order valence-corrected chi connectivity index (χ0v) is 7.00. The summed E-state index contributed by atoms with van der Waals surface area (Å²) in [5.74, 6) is 0.280. The van der Waals surface area contributed by atoms with Gasteiger partial charge in [0.2, 0.25) is 0 Å². The molecule has 0 aliphatic carbocycles. The highest BCUT2D eigenvalue weighted by Crippen LogP contribution is 2.26. The highest BCUT2D eigenvalue weighted by molar-refractivity contribution is 5.56. The monoisotopic (exact) mass is 180 g/mol. The van der Waals surface area contributed by atoms with Gasteiger partial charge in [0.05, 0.1) is 12.5 Å². The average molecular weight is 180 g/mol. The Morgan fingerprint density at radius 1 is 1.54 bits per heavy atom. The van der Waals surface area contributed by atoms with E-state index in [1.54, 1.807) is 6.07 Å². The molecule has 0 saturated heterocycles. The summed E-state index contributed by atoms with van der Waals surface area (Å²) in [6.07, 6.45) is 1.43. The van der Waals surface area contributed by atoms with Gasteiger partial charge in [-0.2, -0.15) is 0 Å². The summed E-state index contributed by atoms with van der Waals surface area (Å²) in [4.78, 5) is 10.5. The minimum Gasteiger partial charge on any atom is -0.493 e. The summed E-state index contributed by atoms with van der Waals surface area (Å²) in [5.41, 5.74) is 0.781. The fraction of sp³-hybridized carbons (Fsp3) is 0.300. The van der Waals surface area contributed by atoms with E-state index in [-0.39, 0.29) is 11.7 Å². The van der Waals surface area contributed by atoms with Crippen molar-refractivity contribution in [2.45, 2.75) is 6.42 Å². The Kier molecular flexibility index (Phi) is 2.00. The van der Waals surface area contributed by atoms with Crippen LogP contribution in [0.4, 0.5) is 4.39 Å². The zero-order valence-electron chi connectivity index (χ0n) is 7.00. The number of rotatable bonds is 1. The van der Waals surface area contributed by atoms with Crippen LogP contribution in [0.25, 0.3) is 0 Å². The normalized spacial score (nSPS) is 20.2. The number of halogens is 1. The van der Waals surface area contributed by atoms with Crippen LogP contribution in [0.2, 0.25) is 0 Å². The number of hydrogen-bond donors (Lipinski definition) is 0. The van der Waals surface area contributed by atoms with Crippen molar-refractivity contribution in [2.24, 2.45) is 5.92 Å².